The highest BCUT2D eigenvalue weighted by Gasteiger charge is 2.19. The van der Waals surface area contributed by atoms with Gasteiger partial charge in [-0.25, -0.2) is 4.39 Å². The molecule has 0 saturated heterocycles. The fourth-order valence-electron chi connectivity index (χ4n) is 2.34. The van der Waals surface area contributed by atoms with Crippen molar-refractivity contribution in [3.8, 4) is 0 Å². The topological polar surface area (TPSA) is 46.2 Å². The van der Waals surface area contributed by atoms with Gasteiger partial charge in [0.1, 0.15) is 5.82 Å². The molecule has 1 N–H and O–H groups in total. The van der Waals surface area contributed by atoms with Crippen molar-refractivity contribution in [1.82, 2.24) is 5.32 Å². The first kappa shape index (κ1) is 17.3. The molecule has 0 radical (unpaired) electrons. The summed E-state index contributed by atoms with van der Waals surface area (Å²) in [5.74, 6) is -0.798. The fourth-order valence-corrected chi connectivity index (χ4v) is 3.01. The zero-order chi connectivity index (χ0) is 16.8. The summed E-state index contributed by atoms with van der Waals surface area (Å²) in [6, 6.07) is 9.82. The van der Waals surface area contributed by atoms with Crippen LogP contribution in [0.4, 0.5) is 4.39 Å². The number of hydrogen-bond donors (Lipinski definition) is 1. The molecule has 23 heavy (non-hydrogen) atoms. The first-order chi connectivity index (χ1) is 11.0. The molecule has 2 aromatic rings. The number of ketones is 1. The lowest BCUT2D eigenvalue weighted by Gasteiger charge is -2.17. The summed E-state index contributed by atoms with van der Waals surface area (Å²) in [6.45, 7) is 3.56. The minimum Gasteiger partial charge on any atom is -0.353 e. The van der Waals surface area contributed by atoms with E-state index in [1.54, 1.807) is 38.1 Å². The molecule has 1 aromatic carbocycles. The molecule has 1 aromatic heterocycles. The van der Waals surface area contributed by atoms with Crippen LogP contribution in [0.1, 0.15) is 35.5 Å². The highest BCUT2D eigenvalue weighted by molar-refractivity contribution is 7.12. The fraction of sp³-hybridized carbons (Fsp3) is 0.333. The standard InChI is InChI=1S/C18H20FNO2S/c1-12(10-14-6-3-4-7-15(14)19)18(22)20-13(2)11-16(21)17-8-5-9-23-17/h3-9,12-13H,10-11H2,1-2H3,(H,20,22)/t12-,13+/m0/s1. The third-order valence-corrected chi connectivity index (χ3v) is 4.52. The van der Waals surface area contributed by atoms with Crippen LogP contribution in [0.3, 0.4) is 0 Å². The van der Waals surface area contributed by atoms with Gasteiger partial charge in [-0.05, 0) is 36.4 Å². The van der Waals surface area contributed by atoms with E-state index in [2.05, 4.69) is 5.32 Å². The van der Waals surface area contributed by atoms with Crippen LogP contribution in [0.25, 0.3) is 0 Å². The summed E-state index contributed by atoms with van der Waals surface area (Å²) in [5, 5.41) is 4.69. The number of amides is 1. The van der Waals surface area contributed by atoms with E-state index in [4.69, 9.17) is 0 Å². The van der Waals surface area contributed by atoms with Gasteiger partial charge in [0.15, 0.2) is 5.78 Å². The molecule has 0 aliphatic carbocycles. The van der Waals surface area contributed by atoms with Gasteiger partial charge < -0.3 is 5.32 Å². The summed E-state index contributed by atoms with van der Waals surface area (Å²) < 4.78 is 13.6. The predicted molar refractivity (Wildman–Crippen MR) is 90.1 cm³/mol. The molecule has 0 saturated carbocycles. The molecule has 0 aliphatic rings. The van der Waals surface area contributed by atoms with Gasteiger partial charge in [0, 0.05) is 18.4 Å². The third kappa shape index (κ3) is 4.99. The number of carbonyl (C=O) groups excluding carboxylic acids is 2. The van der Waals surface area contributed by atoms with Crippen LogP contribution in [0.2, 0.25) is 0 Å². The van der Waals surface area contributed by atoms with Crippen LogP contribution >= 0.6 is 11.3 Å². The maximum absolute atomic E-state index is 13.6. The van der Waals surface area contributed by atoms with E-state index in [1.165, 1.54) is 17.4 Å². The Bertz CT molecular complexity index is 669. The number of benzene rings is 1. The van der Waals surface area contributed by atoms with E-state index >= 15 is 0 Å². The zero-order valence-corrected chi connectivity index (χ0v) is 14.0. The Labute approximate surface area is 139 Å². The lowest BCUT2D eigenvalue weighted by molar-refractivity contribution is -0.125. The minimum absolute atomic E-state index is 0.0227. The Morgan fingerprint density at radius 1 is 1.17 bits per heavy atom. The van der Waals surface area contributed by atoms with Crippen molar-refractivity contribution in [2.24, 2.45) is 5.92 Å². The van der Waals surface area contributed by atoms with Gasteiger partial charge in [-0.15, -0.1) is 11.3 Å². The summed E-state index contributed by atoms with van der Waals surface area (Å²) in [4.78, 5) is 24.9. The second-order valence-corrected chi connectivity index (χ2v) is 6.66. The van der Waals surface area contributed by atoms with Gasteiger partial charge in [0.25, 0.3) is 0 Å². The molecule has 0 aliphatic heterocycles. The Kier molecular flexibility index (Phi) is 6.04. The first-order valence-corrected chi connectivity index (χ1v) is 8.46. The van der Waals surface area contributed by atoms with Crippen LogP contribution in [0, 0.1) is 11.7 Å². The van der Waals surface area contributed by atoms with Crippen LogP contribution in [0.15, 0.2) is 41.8 Å². The molecule has 0 bridgehead atoms. The number of carbonyl (C=O) groups is 2. The van der Waals surface area contributed by atoms with E-state index in [-0.39, 0.29) is 35.9 Å². The highest BCUT2D eigenvalue weighted by Crippen LogP contribution is 2.14. The molecule has 1 amide bonds. The molecule has 0 unspecified atom stereocenters. The quantitative estimate of drug-likeness (QED) is 0.783. The average molecular weight is 333 g/mol. The van der Waals surface area contributed by atoms with Crippen molar-refractivity contribution in [3.05, 3.63) is 58.0 Å². The second kappa shape index (κ2) is 8.02. The number of thiophene rings is 1. The van der Waals surface area contributed by atoms with E-state index in [0.29, 0.717) is 16.9 Å². The number of Topliss-reactive ketones (excluding diaryl/α,β-unsaturated/α-hetero) is 1. The van der Waals surface area contributed by atoms with E-state index in [0.717, 1.165) is 0 Å². The van der Waals surface area contributed by atoms with Crippen molar-refractivity contribution in [2.45, 2.75) is 32.7 Å². The van der Waals surface area contributed by atoms with Gasteiger partial charge in [-0.3, -0.25) is 9.59 Å². The Morgan fingerprint density at radius 3 is 2.57 bits per heavy atom. The molecule has 3 nitrogen and oxygen atoms in total. The van der Waals surface area contributed by atoms with Crippen molar-refractivity contribution >= 4 is 23.0 Å². The second-order valence-electron chi connectivity index (χ2n) is 5.71. The largest absolute Gasteiger partial charge is 0.353 e. The number of rotatable bonds is 7. The van der Waals surface area contributed by atoms with E-state index in [1.807, 2.05) is 11.4 Å². The molecular weight excluding hydrogens is 313 g/mol. The lowest BCUT2D eigenvalue weighted by Crippen LogP contribution is -2.38. The van der Waals surface area contributed by atoms with Crippen molar-refractivity contribution in [3.63, 3.8) is 0 Å². The third-order valence-electron chi connectivity index (χ3n) is 3.61. The SMILES string of the molecule is C[C@H](CC(=O)c1cccs1)NC(=O)[C@@H](C)Cc1ccccc1F. The van der Waals surface area contributed by atoms with E-state index in [9.17, 15) is 14.0 Å². The maximum atomic E-state index is 13.6. The number of halogens is 1. The van der Waals surface area contributed by atoms with Gasteiger partial charge in [-0.2, -0.15) is 0 Å². The smallest absolute Gasteiger partial charge is 0.223 e. The Balaban J connectivity index is 1.85. The molecule has 1 heterocycles. The van der Waals surface area contributed by atoms with Gasteiger partial charge in [0.2, 0.25) is 5.91 Å². The number of nitrogens with one attached hydrogen (secondary N) is 1. The molecule has 0 spiro atoms. The monoisotopic (exact) mass is 333 g/mol. The summed E-state index contributed by atoms with van der Waals surface area (Å²) in [5.41, 5.74) is 0.525. The van der Waals surface area contributed by atoms with Crippen LogP contribution in [0.5, 0.6) is 0 Å². The number of hydrogen-bond acceptors (Lipinski definition) is 3. The van der Waals surface area contributed by atoms with Crippen LogP contribution in [-0.4, -0.2) is 17.7 Å². The zero-order valence-electron chi connectivity index (χ0n) is 13.2. The normalized spacial score (nSPS) is 13.3. The summed E-state index contributed by atoms with van der Waals surface area (Å²) in [6.07, 6.45) is 0.600. The highest BCUT2D eigenvalue weighted by atomic mass is 32.1. The lowest BCUT2D eigenvalue weighted by atomic mass is 9.99. The van der Waals surface area contributed by atoms with Gasteiger partial charge in [0.05, 0.1) is 4.88 Å². The van der Waals surface area contributed by atoms with E-state index < -0.39 is 0 Å². The molecule has 2 rings (SSSR count). The van der Waals surface area contributed by atoms with Crippen molar-refractivity contribution in [2.75, 3.05) is 0 Å². The van der Waals surface area contributed by atoms with Crippen molar-refractivity contribution in [1.29, 1.82) is 0 Å². The van der Waals surface area contributed by atoms with Gasteiger partial charge >= 0.3 is 0 Å². The minimum atomic E-state index is -0.355. The molecule has 0 fully saturated rings. The molecule has 2 atom stereocenters. The van der Waals surface area contributed by atoms with Crippen LogP contribution in [-0.2, 0) is 11.2 Å². The Morgan fingerprint density at radius 2 is 1.91 bits per heavy atom. The first-order valence-electron chi connectivity index (χ1n) is 7.58. The molecular formula is C18H20FNO2S. The molecule has 5 heteroatoms. The molecule has 122 valence electrons. The average Bonchev–Trinajstić information content (AvgIpc) is 3.03. The Hall–Kier alpha value is -2.01. The van der Waals surface area contributed by atoms with Crippen molar-refractivity contribution < 1.29 is 14.0 Å². The predicted octanol–water partition coefficient (Wildman–Crippen LogP) is 3.84. The summed E-state index contributed by atoms with van der Waals surface area (Å²) >= 11 is 1.40. The van der Waals surface area contributed by atoms with Gasteiger partial charge in [-0.1, -0.05) is 31.2 Å². The maximum Gasteiger partial charge on any atom is 0.223 e. The summed E-state index contributed by atoms with van der Waals surface area (Å²) in [7, 11) is 0. The van der Waals surface area contributed by atoms with Crippen LogP contribution < -0.4 is 5.32 Å².